The van der Waals surface area contributed by atoms with E-state index in [9.17, 15) is 23.5 Å². The van der Waals surface area contributed by atoms with Gasteiger partial charge in [-0.05, 0) is 18.9 Å². The molecule has 0 radical (unpaired) electrons. The van der Waals surface area contributed by atoms with Crippen LogP contribution in [-0.2, 0) is 16.1 Å². The number of carbonyl (C=O) groups is 2. The molecule has 1 amide bonds. The number of amides is 1. The zero-order valence-electron chi connectivity index (χ0n) is 14.5. The van der Waals surface area contributed by atoms with Crippen molar-refractivity contribution in [1.82, 2.24) is 9.80 Å². The number of likely N-dealkylation sites (tertiary alicyclic amines) is 2. The second-order valence-corrected chi connectivity index (χ2v) is 6.91. The summed E-state index contributed by atoms with van der Waals surface area (Å²) in [6.07, 6.45) is 1.13. The fourth-order valence-corrected chi connectivity index (χ4v) is 4.17. The normalized spacial score (nSPS) is 23.0. The standard InChI is InChI=1S/C18H22F2N2O4/c1-21-15(23)10-13(16(24)25)18(21)6-8-22(9-7-18)11-12-4-2-3-5-14(12)26-17(19)20/h2-5,13,17H,6-11H2,1H3,(H,24,25)/t13-/m1/s1. The van der Waals surface area contributed by atoms with Crippen molar-refractivity contribution >= 4 is 11.9 Å². The highest BCUT2D eigenvalue weighted by atomic mass is 19.3. The van der Waals surface area contributed by atoms with Crippen LogP contribution in [-0.4, -0.2) is 59.1 Å². The lowest BCUT2D eigenvalue weighted by Crippen LogP contribution is -2.55. The number of aliphatic carboxylic acids is 1. The van der Waals surface area contributed by atoms with Crippen LogP contribution in [0, 0.1) is 5.92 Å². The summed E-state index contributed by atoms with van der Waals surface area (Å²) in [5, 5.41) is 9.51. The van der Waals surface area contributed by atoms with Gasteiger partial charge in [0.05, 0.1) is 11.5 Å². The smallest absolute Gasteiger partial charge is 0.387 e. The maximum absolute atomic E-state index is 12.5. The molecule has 0 bridgehead atoms. The predicted molar refractivity (Wildman–Crippen MR) is 88.8 cm³/mol. The molecule has 26 heavy (non-hydrogen) atoms. The van der Waals surface area contributed by atoms with Crippen LogP contribution in [0.1, 0.15) is 24.8 Å². The molecular formula is C18H22F2N2O4. The van der Waals surface area contributed by atoms with Gasteiger partial charge in [0.2, 0.25) is 5.91 Å². The number of nitrogens with zero attached hydrogens (tertiary/aromatic N) is 2. The number of hydrogen-bond acceptors (Lipinski definition) is 4. The summed E-state index contributed by atoms with van der Waals surface area (Å²) in [7, 11) is 1.67. The molecule has 1 atom stereocenters. The van der Waals surface area contributed by atoms with Gasteiger partial charge in [-0.1, -0.05) is 18.2 Å². The molecule has 142 valence electrons. The van der Waals surface area contributed by atoms with E-state index in [2.05, 4.69) is 9.64 Å². The van der Waals surface area contributed by atoms with E-state index in [1.807, 2.05) is 0 Å². The third-order valence-electron chi connectivity index (χ3n) is 5.67. The molecule has 2 fully saturated rings. The Balaban J connectivity index is 1.69. The Kier molecular flexibility index (Phi) is 5.13. The molecule has 0 aliphatic carbocycles. The second kappa shape index (κ2) is 7.19. The highest BCUT2D eigenvalue weighted by Gasteiger charge is 2.55. The minimum absolute atomic E-state index is 0.0386. The Hall–Kier alpha value is -2.22. The first-order valence-electron chi connectivity index (χ1n) is 8.58. The Morgan fingerprint density at radius 2 is 2.00 bits per heavy atom. The number of carboxylic acids is 1. The van der Waals surface area contributed by atoms with Crippen molar-refractivity contribution in [3.63, 3.8) is 0 Å². The summed E-state index contributed by atoms with van der Waals surface area (Å²) < 4.78 is 29.7. The second-order valence-electron chi connectivity index (χ2n) is 6.91. The van der Waals surface area contributed by atoms with Crippen LogP contribution in [0.2, 0.25) is 0 Å². The quantitative estimate of drug-likeness (QED) is 0.863. The Morgan fingerprint density at radius 3 is 2.62 bits per heavy atom. The highest BCUT2D eigenvalue weighted by molar-refractivity contribution is 5.88. The lowest BCUT2D eigenvalue weighted by atomic mass is 9.77. The maximum Gasteiger partial charge on any atom is 0.387 e. The third kappa shape index (κ3) is 3.38. The largest absolute Gasteiger partial charge is 0.481 e. The van der Waals surface area contributed by atoms with Gasteiger partial charge in [-0.15, -0.1) is 0 Å². The lowest BCUT2D eigenvalue weighted by Gasteiger charge is -2.45. The van der Waals surface area contributed by atoms with E-state index in [4.69, 9.17) is 0 Å². The van der Waals surface area contributed by atoms with Crippen molar-refractivity contribution < 1.29 is 28.2 Å². The number of halogens is 2. The van der Waals surface area contributed by atoms with E-state index < -0.39 is 24.0 Å². The van der Waals surface area contributed by atoms with E-state index in [0.717, 1.165) is 0 Å². The van der Waals surface area contributed by atoms with Crippen molar-refractivity contribution in [2.75, 3.05) is 20.1 Å². The van der Waals surface area contributed by atoms with Gasteiger partial charge >= 0.3 is 12.6 Å². The van der Waals surface area contributed by atoms with E-state index in [1.54, 1.807) is 30.1 Å². The van der Waals surface area contributed by atoms with Crippen molar-refractivity contribution in [3.05, 3.63) is 29.8 Å². The molecule has 2 aliphatic heterocycles. The Morgan fingerprint density at radius 1 is 1.35 bits per heavy atom. The zero-order valence-corrected chi connectivity index (χ0v) is 14.5. The fourth-order valence-electron chi connectivity index (χ4n) is 4.17. The van der Waals surface area contributed by atoms with Gasteiger partial charge in [-0.3, -0.25) is 14.5 Å². The number of piperidine rings is 1. The predicted octanol–water partition coefficient (Wildman–Crippen LogP) is 2.19. The number of carboxylic acid groups (broad SMARTS) is 1. The van der Waals surface area contributed by atoms with Crippen LogP contribution in [0.15, 0.2) is 24.3 Å². The minimum atomic E-state index is -2.88. The SMILES string of the molecule is CN1C(=O)C[C@H](C(=O)O)C12CCN(Cc1ccccc1OC(F)F)CC2. The molecule has 1 spiro atoms. The highest BCUT2D eigenvalue weighted by Crippen LogP contribution is 2.43. The van der Waals surface area contributed by atoms with E-state index in [-0.39, 0.29) is 18.1 Å². The molecule has 0 unspecified atom stereocenters. The first-order chi connectivity index (χ1) is 12.3. The van der Waals surface area contributed by atoms with Gasteiger partial charge in [0.25, 0.3) is 0 Å². The number of carbonyl (C=O) groups excluding carboxylic acids is 1. The summed E-state index contributed by atoms with van der Waals surface area (Å²) in [5.74, 6) is -1.62. The van der Waals surface area contributed by atoms with Gasteiger partial charge in [0.1, 0.15) is 5.75 Å². The van der Waals surface area contributed by atoms with E-state index in [0.29, 0.717) is 38.0 Å². The van der Waals surface area contributed by atoms with Gasteiger partial charge in [0, 0.05) is 38.7 Å². The van der Waals surface area contributed by atoms with Crippen LogP contribution in [0.25, 0.3) is 0 Å². The van der Waals surface area contributed by atoms with Crippen molar-refractivity contribution in [3.8, 4) is 5.75 Å². The average Bonchev–Trinajstić information content (AvgIpc) is 2.84. The van der Waals surface area contributed by atoms with E-state index in [1.165, 1.54) is 6.07 Å². The summed E-state index contributed by atoms with van der Waals surface area (Å²) in [6, 6.07) is 6.66. The first kappa shape index (κ1) is 18.6. The molecule has 2 saturated heterocycles. The number of rotatable bonds is 5. The van der Waals surface area contributed by atoms with Crippen molar-refractivity contribution in [2.45, 2.75) is 38.0 Å². The molecule has 3 rings (SSSR count). The number of alkyl halides is 2. The van der Waals surface area contributed by atoms with Crippen LogP contribution in [0.3, 0.4) is 0 Å². The molecular weight excluding hydrogens is 346 g/mol. The molecule has 6 nitrogen and oxygen atoms in total. The van der Waals surface area contributed by atoms with Gasteiger partial charge in [-0.25, -0.2) is 0 Å². The Labute approximate surface area is 150 Å². The van der Waals surface area contributed by atoms with Gasteiger partial charge in [0.15, 0.2) is 0 Å². The molecule has 8 heteroatoms. The number of ether oxygens (including phenoxy) is 1. The molecule has 2 aliphatic rings. The summed E-state index contributed by atoms with van der Waals surface area (Å²) >= 11 is 0. The number of benzene rings is 1. The van der Waals surface area contributed by atoms with Gasteiger partial charge in [-0.2, -0.15) is 8.78 Å². The minimum Gasteiger partial charge on any atom is -0.481 e. The topological polar surface area (TPSA) is 70.1 Å². The maximum atomic E-state index is 12.5. The fraction of sp³-hybridized carbons (Fsp3) is 0.556. The molecule has 1 N–H and O–H groups in total. The molecule has 0 saturated carbocycles. The monoisotopic (exact) mass is 368 g/mol. The summed E-state index contributed by atoms with van der Waals surface area (Å²) in [4.78, 5) is 27.3. The third-order valence-corrected chi connectivity index (χ3v) is 5.67. The molecule has 1 aromatic carbocycles. The van der Waals surface area contributed by atoms with Crippen LogP contribution in [0.4, 0.5) is 8.78 Å². The van der Waals surface area contributed by atoms with Gasteiger partial charge < -0.3 is 14.7 Å². The van der Waals surface area contributed by atoms with Crippen molar-refractivity contribution in [1.29, 1.82) is 0 Å². The zero-order chi connectivity index (χ0) is 18.9. The lowest BCUT2D eigenvalue weighted by molar-refractivity contribution is -0.146. The summed E-state index contributed by atoms with van der Waals surface area (Å²) in [6.45, 7) is -1.27. The van der Waals surface area contributed by atoms with Crippen molar-refractivity contribution in [2.24, 2.45) is 5.92 Å². The molecule has 2 heterocycles. The van der Waals surface area contributed by atoms with E-state index >= 15 is 0 Å². The summed E-state index contributed by atoms with van der Waals surface area (Å²) in [5.41, 5.74) is 0.00711. The van der Waals surface area contributed by atoms with Crippen LogP contribution >= 0.6 is 0 Å². The number of para-hydroxylation sites is 1. The number of hydrogen-bond donors (Lipinski definition) is 1. The molecule has 0 aromatic heterocycles. The van der Waals surface area contributed by atoms with Crippen LogP contribution in [0.5, 0.6) is 5.75 Å². The average molecular weight is 368 g/mol. The van der Waals surface area contributed by atoms with Crippen LogP contribution < -0.4 is 4.74 Å². The first-order valence-corrected chi connectivity index (χ1v) is 8.58. The molecule has 1 aromatic rings. The Bertz CT molecular complexity index is 690.